The summed E-state index contributed by atoms with van der Waals surface area (Å²) >= 11 is 0. The van der Waals surface area contributed by atoms with Gasteiger partial charge < -0.3 is 20.1 Å². The molecule has 0 aliphatic rings. The molecule has 0 aromatic carbocycles. The summed E-state index contributed by atoms with van der Waals surface area (Å²) in [6, 6.07) is 0. The summed E-state index contributed by atoms with van der Waals surface area (Å²) in [7, 11) is 3.48. The quantitative estimate of drug-likeness (QED) is 0.328. The molecule has 5 heteroatoms. The Bertz CT molecular complexity index is 235. The molecule has 0 aromatic rings. The Balaban J connectivity index is 3.70. The smallest absolute Gasteiger partial charge is 0.191 e. The van der Waals surface area contributed by atoms with E-state index in [0.29, 0.717) is 19.8 Å². The molecule has 0 aromatic heterocycles. The zero-order valence-corrected chi connectivity index (χ0v) is 13.7. The van der Waals surface area contributed by atoms with Gasteiger partial charge in [0.15, 0.2) is 5.96 Å². The van der Waals surface area contributed by atoms with Crippen LogP contribution in [0.15, 0.2) is 4.99 Å². The van der Waals surface area contributed by atoms with E-state index >= 15 is 0 Å². The highest BCUT2D eigenvalue weighted by Crippen LogP contribution is 2.10. The summed E-state index contributed by atoms with van der Waals surface area (Å²) < 4.78 is 10.3. The van der Waals surface area contributed by atoms with Crippen LogP contribution in [0.1, 0.15) is 39.5 Å². The lowest BCUT2D eigenvalue weighted by Gasteiger charge is -2.18. The van der Waals surface area contributed by atoms with Crippen LogP contribution in [0.4, 0.5) is 0 Å². The van der Waals surface area contributed by atoms with Crippen molar-refractivity contribution in [2.75, 3.05) is 47.1 Å². The van der Waals surface area contributed by atoms with Gasteiger partial charge in [0.2, 0.25) is 0 Å². The van der Waals surface area contributed by atoms with Crippen molar-refractivity contribution in [2.24, 2.45) is 10.9 Å². The lowest BCUT2D eigenvalue weighted by molar-refractivity contribution is 0.0733. The Morgan fingerprint density at radius 1 is 1.15 bits per heavy atom. The summed E-state index contributed by atoms with van der Waals surface area (Å²) in [5.74, 6) is 1.58. The van der Waals surface area contributed by atoms with Crippen LogP contribution >= 0.6 is 0 Å². The zero-order chi connectivity index (χ0) is 15.1. The average molecular weight is 287 g/mol. The molecule has 2 N–H and O–H groups in total. The predicted molar refractivity (Wildman–Crippen MR) is 85.4 cm³/mol. The minimum absolute atomic E-state index is 0.638. The molecule has 0 fully saturated rings. The molecule has 0 spiro atoms. The minimum Gasteiger partial charge on any atom is -0.382 e. The molecule has 0 amide bonds. The van der Waals surface area contributed by atoms with Crippen molar-refractivity contribution >= 4 is 5.96 Å². The van der Waals surface area contributed by atoms with Crippen LogP contribution in [0.5, 0.6) is 0 Å². The van der Waals surface area contributed by atoms with Crippen molar-refractivity contribution < 1.29 is 9.47 Å². The second-order valence-electron chi connectivity index (χ2n) is 4.90. The normalized spacial score (nSPS) is 13.3. The van der Waals surface area contributed by atoms with Crippen molar-refractivity contribution in [2.45, 2.75) is 39.5 Å². The maximum atomic E-state index is 5.40. The lowest BCUT2D eigenvalue weighted by Crippen LogP contribution is -2.41. The molecule has 0 aliphatic heterocycles. The zero-order valence-electron chi connectivity index (χ0n) is 13.7. The molecule has 0 radical (unpaired) electrons. The van der Waals surface area contributed by atoms with Crippen molar-refractivity contribution in [3.8, 4) is 0 Å². The number of hydrogen-bond acceptors (Lipinski definition) is 3. The molecule has 0 saturated heterocycles. The Morgan fingerprint density at radius 2 is 1.95 bits per heavy atom. The van der Waals surface area contributed by atoms with E-state index in [9.17, 15) is 0 Å². The van der Waals surface area contributed by atoms with Crippen LogP contribution in [-0.2, 0) is 9.47 Å². The van der Waals surface area contributed by atoms with Gasteiger partial charge in [0.25, 0.3) is 0 Å². The number of methoxy groups -OCH3 is 1. The van der Waals surface area contributed by atoms with Crippen molar-refractivity contribution in [1.82, 2.24) is 10.6 Å². The van der Waals surface area contributed by atoms with E-state index in [1.54, 1.807) is 14.2 Å². The highest BCUT2D eigenvalue weighted by molar-refractivity contribution is 5.79. The van der Waals surface area contributed by atoms with Gasteiger partial charge in [-0.15, -0.1) is 0 Å². The first-order valence-electron chi connectivity index (χ1n) is 7.79. The molecular formula is C15H33N3O2. The first-order chi connectivity index (χ1) is 9.78. The van der Waals surface area contributed by atoms with Gasteiger partial charge in [-0.25, -0.2) is 0 Å². The van der Waals surface area contributed by atoms with Gasteiger partial charge in [-0.05, 0) is 12.3 Å². The van der Waals surface area contributed by atoms with Gasteiger partial charge in [0.1, 0.15) is 0 Å². The Kier molecular flexibility index (Phi) is 14.0. The van der Waals surface area contributed by atoms with Gasteiger partial charge in [0.05, 0.1) is 19.8 Å². The number of nitrogens with one attached hydrogen (secondary N) is 2. The number of ether oxygens (including phenoxy) is 2. The maximum Gasteiger partial charge on any atom is 0.191 e. The summed E-state index contributed by atoms with van der Waals surface area (Å²) in [4.78, 5) is 4.22. The van der Waals surface area contributed by atoms with Crippen LogP contribution in [0, 0.1) is 5.92 Å². The van der Waals surface area contributed by atoms with Gasteiger partial charge in [-0.1, -0.05) is 33.1 Å². The highest BCUT2D eigenvalue weighted by atomic mass is 16.5. The first kappa shape index (κ1) is 19.2. The third-order valence-electron chi connectivity index (χ3n) is 3.30. The summed E-state index contributed by atoms with van der Waals surface area (Å²) in [6.07, 6.45) is 5.07. The average Bonchev–Trinajstić information content (AvgIpc) is 2.48. The maximum absolute atomic E-state index is 5.40. The third-order valence-corrected chi connectivity index (χ3v) is 3.30. The van der Waals surface area contributed by atoms with Gasteiger partial charge in [0, 0.05) is 27.2 Å². The Labute approximate surface area is 124 Å². The van der Waals surface area contributed by atoms with E-state index in [-0.39, 0.29) is 0 Å². The van der Waals surface area contributed by atoms with E-state index in [0.717, 1.165) is 25.0 Å². The molecule has 1 atom stereocenters. The molecule has 1 unspecified atom stereocenters. The fraction of sp³-hybridized carbons (Fsp3) is 0.933. The largest absolute Gasteiger partial charge is 0.382 e. The van der Waals surface area contributed by atoms with Crippen LogP contribution < -0.4 is 10.6 Å². The van der Waals surface area contributed by atoms with E-state index < -0.39 is 0 Å². The monoisotopic (exact) mass is 287 g/mol. The number of nitrogens with zero attached hydrogens (tertiary/aromatic N) is 1. The highest BCUT2D eigenvalue weighted by Gasteiger charge is 2.06. The Morgan fingerprint density at radius 3 is 2.55 bits per heavy atom. The Hall–Kier alpha value is -0.810. The van der Waals surface area contributed by atoms with E-state index in [1.807, 2.05) is 0 Å². The first-order valence-corrected chi connectivity index (χ1v) is 7.79. The van der Waals surface area contributed by atoms with E-state index in [4.69, 9.17) is 9.47 Å². The van der Waals surface area contributed by atoms with Crippen LogP contribution in [0.2, 0.25) is 0 Å². The molecule has 20 heavy (non-hydrogen) atoms. The number of hydrogen-bond donors (Lipinski definition) is 2. The summed E-state index contributed by atoms with van der Waals surface area (Å²) in [5, 5.41) is 6.65. The minimum atomic E-state index is 0.638. The van der Waals surface area contributed by atoms with Crippen molar-refractivity contribution in [3.05, 3.63) is 0 Å². The number of guanidine groups is 1. The van der Waals surface area contributed by atoms with Crippen molar-refractivity contribution in [3.63, 3.8) is 0 Å². The molecule has 5 nitrogen and oxygen atoms in total. The molecule has 0 bridgehead atoms. The van der Waals surface area contributed by atoms with Crippen LogP contribution in [0.3, 0.4) is 0 Å². The number of aliphatic imine (C=N–C) groups is 1. The number of rotatable bonds is 12. The third kappa shape index (κ3) is 11.1. The molecule has 0 saturated carbocycles. The lowest BCUT2D eigenvalue weighted by atomic mass is 9.99. The van der Waals surface area contributed by atoms with Gasteiger partial charge in [-0.2, -0.15) is 0 Å². The van der Waals surface area contributed by atoms with Crippen LogP contribution in [0.25, 0.3) is 0 Å². The van der Waals surface area contributed by atoms with Crippen LogP contribution in [-0.4, -0.2) is 53.0 Å². The summed E-state index contributed by atoms with van der Waals surface area (Å²) in [6.45, 7) is 8.18. The van der Waals surface area contributed by atoms with Gasteiger partial charge in [-0.3, -0.25) is 4.99 Å². The van der Waals surface area contributed by atoms with E-state index in [1.165, 1.54) is 25.7 Å². The molecular weight excluding hydrogens is 254 g/mol. The predicted octanol–water partition coefficient (Wildman–Crippen LogP) is 2.03. The van der Waals surface area contributed by atoms with Gasteiger partial charge >= 0.3 is 0 Å². The topological polar surface area (TPSA) is 54.9 Å². The van der Waals surface area contributed by atoms with E-state index in [2.05, 4.69) is 29.5 Å². The second-order valence-corrected chi connectivity index (χ2v) is 4.90. The second kappa shape index (κ2) is 14.6. The molecule has 120 valence electrons. The number of unbranched alkanes of at least 4 members (excludes halogenated alkanes) is 1. The standard InChI is InChI=1S/C15H33N3O2/c1-5-7-8-14(6-2)13-18-15(16-3)17-9-10-20-12-11-19-4/h14H,5-13H2,1-4H3,(H2,16,17,18). The fourth-order valence-corrected chi connectivity index (χ4v) is 1.89. The fourth-order valence-electron chi connectivity index (χ4n) is 1.89. The summed E-state index contributed by atoms with van der Waals surface area (Å²) in [5.41, 5.74) is 0. The van der Waals surface area contributed by atoms with Crippen molar-refractivity contribution in [1.29, 1.82) is 0 Å². The molecule has 0 rings (SSSR count). The molecule has 0 aliphatic carbocycles. The molecule has 0 heterocycles. The SMILES string of the molecule is CCCCC(CC)CNC(=NC)NCCOCCOC.